The van der Waals surface area contributed by atoms with Crippen LogP contribution in [0.3, 0.4) is 0 Å². The molecular formula is C11H15NO. The molecule has 0 radical (unpaired) electrons. The van der Waals surface area contributed by atoms with Crippen molar-refractivity contribution < 1.29 is 0 Å². The van der Waals surface area contributed by atoms with E-state index in [0.717, 1.165) is 12.8 Å². The fourth-order valence-corrected chi connectivity index (χ4v) is 1.60. The van der Waals surface area contributed by atoms with Gasteiger partial charge in [-0.2, -0.15) is 0 Å². The van der Waals surface area contributed by atoms with E-state index >= 15 is 0 Å². The third kappa shape index (κ3) is 2.38. The first-order valence-electron chi connectivity index (χ1n) is 4.75. The van der Waals surface area contributed by atoms with Crippen LogP contribution in [0, 0.1) is 4.91 Å². The molecule has 1 aromatic rings. The number of nitroso groups, excluding NO2 is 1. The molecule has 0 N–H and O–H groups in total. The summed E-state index contributed by atoms with van der Waals surface area (Å²) in [4.78, 5) is 10.3. The average molecular weight is 177 g/mol. The van der Waals surface area contributed by atoms with Crippen LogP contribution in [-0.4, -0.2) is 0 Å². The van der Waals surface area contributed by atoms with Crippen LogP contribution in [0.1, 0.15) is 38.2 Å². The van der Waals surface area contributed by atoms with E-state index in [4.69, 9.17) is 0 Å². The molecule has 1 rings (SSSR count). The molecule has 0 aromatic heterocycles. The summed E-state index contributed by atoms with van der Waals surface area (Å²) in [6.45, 7) is 4.32. The Labute approximate surface area is 79.0 Å². The average Bonchev–Trinajstić information content (AvgIpc) is 2.20. The molecule has 70 valence electrons. The van der Waals surface area contributed by atoms with Gasteiger partial charge in [0.25, 0.3) is 0 Å². The zero-order valence-electron chi connectivity index (χ0n) is 8.16. The zero-order chi connectivity index (χ0) is 9.68. The van der Waals surface area contributed by atoms with Crippen LogP contribution in [0.2, 0.25) is 0 Å². The second-order valence-electron chi connectivity index (χ2n) is 3.20. The molecule has 0 saturated carbocycles. The van der Waals surface area contributed by atoms with Gasteiger partial charge in [0.05, 0.1) is 0 Å². The van der Waals surface area contributed by atoms with Gasteiger partial charge >= 0.3 is 0 Å². The minimum atomic E-state index is 0.532. The van der Waals surface area contributed by atoms with Crippen LogP contribution in [0.25, 0.3) is 0 Å². The summed E-state index contributed by atoms with van der Waals surface area (Å²) in [5.41, 5.74) is 1.76. The Morgan fingerprint density at radius 2 is 2.00 bits per heavy atom. The Bertz CT molecular complexity index is 279. The van der Waals surface area contributed by atoms with E-state index in [0.29, 0.717) is 11.6 Å². The molecule has 0 amide bonds. The number of hydrogen-bond donors (Lipinski definition) is 0. The number of nitrogens with zero attached hydrogens (tertiary/aromatic N) is 1. The molecule has 0 aliphatic carbocycles. The van der Waals surface area contributed by atoms with Crippen molar-refractivity contribution in [3.05, 3.63) is 34.7 Å². The molecule has 0 aliphatic heterocycles. The van der Waals surface area contributed by atoms with E-state index in [2.05, 4.69) is 25.1 Å². The monoisotopic (exact) mass is 177 g/mol. The topological polar surface area (TPSA) is 29.4 Å². The third-order valence-electron chi connectivity index (χ3n) is 2.43. The lowest BCUT2D eigenvalue weighted by atomic mass is 9.94. The standard InChI is InChI=1S/C11H15NO/c1-3-9(4-2)10-6-5-7-11(8-10)12-13/h5-9H,3-4H2,1-2H3. The minimum absolute atomic E-state index is 0.532. The van der Waals surface area contributed by atoms with Crippen molar-refractivity contribution in [1.82, 2.24) is 0 Å². The highest BCUT2D eigenvalue weighted by molar-refractivity contribution is 5.40. The molecule has 1 aromatic carbocycles. The van der Waals surface area contributed by atoms with Gasteiger partial charge in [-0.25, -0.2) is 0 Å². The first-order chi connectivity index (χ1) is 6.31. The van der Waals surface area contributed by atoms with Crippen LogP contribution >= 0.6 is 0 Å². The largest absolute Gasteiger partial charge is 0.145 e. The predicted octanol–water partition coefficient (Wildman–Crippen LogP) is 3.99. The summed E-state index contributed by atoms with van der Waals surface area (Å²) >= 11 is 0. The second kappa shape index (κ2) is 4.75. The Hall–Kier alpha value is -1.18. The highest BCUT2D eigenvalue weighted by Gasteiger charge is 2.06. The van der Waals surface area contributed by atoms with Crippen molar-refractivity contribution in [2.45, 2.75) is 32.6 Å². The molecule has 2 nitrogen and oxygen atoms in total. The predicted molar refractivity (Wildman–Crippen MR) is 55.2 cm³/mol. The third-order valence-corrected chi connectivity index (χ3v) is 2.43. The van der Waals surface area contributed by atoms with Crippen LogP contribution < -0.4 is 0 Å². The van der Waals surface area contributed by atoms with E-state index in [-0.39, 0.29) is 0 Å². The minimum Gasteiger partial charge on any atom is -0.145 e. The molecule has 0 bridgehead atoms. The summed E-state index contributed by atoms with van der Waals surface area (Å²) in [6.07, 6.45) is 2.22. The molecule has 0 atom stereocenters. The Kier molecular flexibility index (Phi) is 3.62. The summed E-state index contributed by atoms with van der Waals surface area (Å²) < 4.78 is 0. The number of rotatable bonds is 4. The van der Waals surface area contributed by atoms with Gasteiger partial charge in [0, 0.05) is 0 Å². The van der Waals surface area contributed by atoms with Crippen LogP contribution in [0.15, 0.2) is 29.4 Å². The highest BCUT2D eigenvalue weighted by Crippen LogP contribution is 2.25. The zero-order valence-corrected chi connectivity index (χ0v) is 8.16. The van der Waals surface area contributed by atoms with Gasteiger partial charge in [0.15, 0.2) is 0 Å². The van der Waals surface area contributed by atoms with Gasteiger partial charge < -0.3 is 0 Å². The number of hydrogen-bond acceptors (Lipinski definition) is 2. The van der Waals surface area contributed by atoms with Crippen LogP contribution in [0.5, 0.6) is 0 Å². The van der Waals surface area contributed by atoms with Gasteiger partial charge in [-0.1, -0.05) is 26.0 Å². The summed E-state index contributed by atoms with van der Waals surface area (Å²) in [7, 11) is 0. The SMILES string of the molecule is CCC(CC)c1cccc(N=O)c1. The Balaban J connectivity index is 2.92. The van der Waals surface area contributed by atoms with E-state index < -0.39 is 0 Å². The van der Waals surface area contributed by atoms with Gasteiger partial charge in [-0.3, -0.25) is 0 Å². The lowest BCUT2D eigenvalue weighted by molar-refractivity contribution is 0.642. The maximum Gasteiger partial charge on any atom is 0.108 e. The lowest BCUT2D eigenvalue weighted by Gasteiger charge is -2.12. The van der Waals surface area contributed by atoms with Gasteiger partial charge in [-0.05, 0) is 41.6 Å². The number of benzene rings is 1. The molecule has 0 fully saturated rings. The van der Waals surface area contributed by atoms with Gasteiger partial charge in [0.1, 0.15) is 5.69 Å². The maximum absolute atomic E-state index is 10.3. The summed E-state index contributed by atoms with van der Waals surface area (Å²) in [5.74, 6) is 0.557. The quantitative estimate of drug-likeness (QED) is 0.639. The first kappa shape index (κ1) is 9.90. The van der Waals surface area contributed by atoms with Gasteiger partial charge in [-0.15, -0.1) is 4.91 Å². The van der Waals surface area contributed by atoms with Crippen molar-refractivity contribution >= 4 is 5.69 Å². The molecule has 0 spiro atoms. The molecule has 13 heavy (non-hydrogen) atoms. The maximum atomic E-state index is 10.3. The van der Waals surface area contributed by atoms with Crippen LogP contribution in [-0.2, 0) is 0 Å². The summed E-state index contributed by atoms with van der Waals surface area (Å²) in [5, 5.41) is 2.93. The Morgan fingerprint density at radius 1 is 1.31 bits per heavy atom. The van der Waals surface area contributed by atoms with E-state index in [9.17, 15) is 4.91 Å². The fraction of sp³-hybridized carbons (Fsp3) is 0.455. The van der Waals surface area contributed by atoms with E-state index in [1.807, 2.05) is 12.1 Å². The normalized spacial score (nSPS) is 10.4. The lowest BCUT2D eigenvalue weighted by Crippen LogP contribution is -1.94. The molecule has 2 heteroatoms. The van der Waals surface area contributed by atoms with E-state index in [1.165, 1.54) is 5.56 Å². The molecule has 0 unspecified atom stereocenters. The molecular weight excluding hydrogens is 162 g/mol. The Morgan fingerprint density at radius 3 is 2.54 bits per heavy atom. The highest BCUT2D eigenvalue weighted by atomic mass is 16.3. The van der Waals surface area contributed by atoms with Crippen molar-refractivity contribution in [1.29, 1.82) is 0 Å². The second-order valence-corrected chi connectivity index (χ2v) is 3.20. The molecule has 0 saturated heterocycles. The van der Waals surface area contributed by atoms with Crippen molar-refractivity contribution in [2.75, 3.05) is 0 Å². The van der Waals surface area contributed by atoms with Crippen molar-refractivity contribution in [3.8, 4) is 0 Å². The summed E-state index contributed by atoms with van der Waals surface area (Å²) in [6, 6.07) is 7.57. The smallest absolute Gasteiger partial charge is 0.108 e. The van der Waals surface area contributed by atoms with E-state index in [1.54, 1.807) is 6.07 Å². The molecule has 0 aliphatic rings. The van der Waals surface area contributed by atoms with Crippen LogP contribution in [0.4, 0.5) is 5.69 Å². The van der Waals surface area contributed by atoms with Crippen molar-refractivity contribution in [2.24, 2.45) is 5.18 Å². The first-order valence-corrected chi connectivity index (χ1v) is 4.75. The van der Waals surface area contributed by atoms with Gasteiger partial charge in [0.2, 0.25) is 0 Å². The fourth-order valence-electron chi connectivity index (χ4n) is 1.60. The molecule has 0 heterocycles. The van der Waals surface area contributed by atoms with Crippen molar-refractivity contribution in [3.63, 3.8) is 0 Å².